The second kappa shape index (κ2) is 8.47. The van der Waals surface area contributed by atoms with E-state index in [0.29, 0.717) is 11.3 Å². The summed E-state index contributed by atoms with van der Waals surface area (Å²) >= 11 is 0. The van der Waals surface area contributed by atoms with Gasteiger partial charge in [-0.15, -0.1) is 0 Å². The van der Waals surface area contributed by atoms with E-state index in [4.69, 9.17) is 9.47 Å². The average molecular weight is 359 g/mol. The molecule has 9 nitrogen and oxygen atoms in total. The van der Waals surface area contributed by atoms with E-state index in [2.05, 4.69) is 10.5 Å². The number of rotatable bonds is 7. The average Bonchev–Trinajstić information content (AvgIpc) is 2.63. The SMILES string of the molecule is COc1cccc(/C=N/NC(=O)C(C)Oc2ccc([N+](=O)[O-])cc2)c1O. The van der Waals surface area contributed by atoms with Gasteiger partial charge in [-0.25, -0.2) is 5.43 Å². The normalized spacial score (nSPS) is 11.8. The first-order valence-corrected chi connectivity index (χ1v) is 7.52. The lowest BCUT2D eigenvalue weighted by Gasteiger charge is -2.12. The van der Waals surface area contributed by atoms with Crippen LogP contribution in [0.4, 0.5) is 5.69 Å². The van der Waals surface area contributed by atoms with Crippen LogP contribution < -0.4 is 14.9 Å². The Kier molecular flexibility index (Phi) is 6.10. The highest BCUT2D eigenvalue weighted by Crippen LogP contribution is 2.27. The monoisotopic (exact) mass is 359 g/mol. The molecule has 2 N–H and O–H groups in total. The maximum atomic E-state index is 12.0. The van der Waals surface area contributed by atoms with Crippen LogP contribution in [0.3, 0.4) is 0 Å². The summed E-state index contributed by atoms with van der Waals surface area (Å²) < 4.78 is 10.4. The Morgan fingerprint density at radius 3 is 2.62 bits per heavy atom. The molecule has 0 heterocycles. The molecular formula is C17H17N3O6. The Labute approximate surface area is 149 Å². The summed E-state index contributed by atoms with van der Waals surface area (Å²) in [6.07, 6.45) is 0.390. The summed E-state index contributed by atoms with van der Waals surface area (Å²) in [7, 11) is 1.43. The van der Waals surface area contributed by atoms with Crippen LogP contribution in [-0.4, -0.2) is 35.4 Å². The number of methoxy groups -OCH3 is 1. The predicted octanol–water partition coefficient (Wildman–Crippen LogP) is 2.23. The van der Waals surface area contributed by atoms with Gasteiger partial charge in [-0.2, -0.15) is 5.10 Å². The van der Waals surface area contributed by atoms with Crippen LogP contribution in [0.25, 0.3) is 0 Å². The van der Waals surface area contributed by atoms with Crippen LogP contribution in [0.15, 0.2) is 47.6 Å². The number of aromatic hydroxyl groups is 1. The molecule has 136 valence electrons. The Morgan fingerprint density at radius 1 is 1.31 bits per heavy atom. The predicted molar refractivity (Wildman–Crippen MR) is 93.6 cm³/mol. The fourth-order valence-electron chi connectivity index (χ4n) is 1.97. The van der Waals surface area contributed by atoms with Crippen LogP contribution >= 0.6 is 0 Å². The van der Waals surface area contributed by atoms with Gasteiger partial charge in [0, 0.05) is 17.7 Å². The number of non-ortho nitro benzene ring substituents is 1. The first-order valence-electron chi connectivity index (χ1n) is 7.52. The second-order valence-corrected chi connectivity index (χ2v) is 5.14. The molecule has 2 rings (SSSR count). The van der Waals surface area contributed by atoms with Gasteiger partial charge < -0.3 is 14.6 Å². The maximum Gasteiger partial charge on any atom is 0.280 e. The quantitative estimate of drug-likeness (QED) is 0.444. The summed E-state index contributed by atoms with van der Waals surface area (Å²) in [5.41, 5.74) is 2.59. The van der Waals surface area contributed by atoms with Crippen molar-refractivity contribution in [2.45, 2.75) is 13.0 Å². The third-order valence-electron chi connectivity index (χ3n) is 3.36. The molecule has 0 saturated carbocycles. The topological polar surface area (TPSA) is 123 Å². The number of benzene rings is 2. The van der Waals surface area contributed by atoms with Crippen molar-refractivity contribution < 1.29 is 24.3 Å². The summed E-state index contributed by atoms with van der Waals surface area (Å²) in [6.45, 7) is 1.51. The van der Waals surface area contributed by atoms with Gasteiger partial charge in [-0.1, -0.05) is 6.07 Å². The third kappa shape index (κ3) is 4.69. The van der Waals surface area contributed by atoms with E-state index in [1.54, 1.807) is 18.2 Å². The van der Waals surface area contributed by atoms with Gasteiger partial charge in [-0.3, -0.25) is 14.9 Å². The molecule has 1 unspecified atom stereocenters. The van der Waals surface area contributed by atoms with Crippen molar-refractivity contribution in [2.24, 2.45) is 5.10 Å². The molecule has 0 radical (unpaired) electrons. The van der Waals surface area contributed by atoms with E-state index in [-0.39, 0.29) is 17.2 Å². The number of nitrogens with zero attached hydrogens (tertiary/aromatic N) is 2. The van der Waals surface area contributed by atoms with E-state index in [1.165, 1.54) is 44.5 Å². The molecule has 0 aromatic heterocycles. The van der Waals surface area contributed by atoms with Crippen LogP contribution in [0.1, 0.15) is 12.5 Å². The molecular weight excluding hydrogens is 342 g/mol. The Balaban J connectivity index is 1.93. The van der Waals surface area contributed by atoms with Gasteiger partial charge >= 0.3 is 0 Å². The fourth-order valence-corrected chi connectivity index (χ4v) is 1.97. The smallest absolute Gasteiger partial charge is 0.280 e. The number of nitrogens with one attached hydrogen (secondary N) is 1. The molecule has 1 amide bonds. The lowest BCUT2D eigenvalue weighted by atomic mass is 10.2. The highest BCUT2D eigenvalue weighted by molar-refractivity contribution is 5.87. The zero-order valence-corrected chi connectivity index (χ0v) is 14.1. The summed E-state index contributed by atoms with van der Waals surface area (Å²) in [4.78, 5) is 22.1. The number of nitro benzene ring substituents is 1. The van der Waals surface area contributed by atoms with E-state index in [0.717, 1.165) is 0 Å². The van der Waals surface area contributed by atoms with Crippen molar-refractivity contribution in [1.82, 2.24) is 5.43 Å². The minimum atomic E-state index is -0.882. The van der Waals surface area contributed by atoms with E-state index in [9.17, 15) is 20.0 Å². The van der Waals surface area contributed by atoms with E-state index < -0.39 is 16.9 Å². The number of para-hydroxylation sites is 1. The molecule has 1 atom stereocenters. The van der Waals surface area contributed by atoms with Gasteiger partial charge in [0.1, 0.15) is 5.75 Å². The number of phenols is 1. The number of amides is 1. The number of phenolic OH excluding ortho intramolecular Hbond substituents is 1. The standard InChI is InChI=1S/C17H17N3O6/c1-11(26-14-8-6-13(7-9-14)20(23)24)17(22)19-18-10-12-4-3-5-15(25-2)16(12)21/h3-11,21H,1-2H3,(H,19,22)/b18-10+. The van der Waals surface area contributed by atoms with E-state index in [1.807, 2.05) is 0 Å². The van der Waals surface area contributed by atoms with Crippen molar-refractivity contribution in [3.05, 3.63) is 58.1 Å². The maximum absolute atomic E-state index is 12.0. The molecule has 0 aliphatic rings. The summed E-state index contributed by atoms with van der Waals surface area (Å²) in [5.74, 6) is -0.0204. The first kappa shape index (κ1) is 18.7. The highest BCUT2D eigenvalue weighted by Gasteiger charge is 2.15. The van der Waals surface area contributed by atoms with Crippen molar-refractivity contribution in [1.29, 1.82) is 0 Å². The highest BCUT2D eigenvalue weighted by atomic mass is 16.6. The third-order valence-corrected chi connectivity index (χ3v) is 3.36. The van der Waals surface area contributed by atoms with Crippen LogP contribution in [0.2, 0.25) is 0 Å². The molecule has 26 heavy (non-hydrogen) atoms. The summed E-state index contributed by atoms with van der Waals surface area (Å²) in [6, 6.07) is 10.2. The number of carbonyl (C=O) groups is 1. The van der Waals surface area contributed by atoms with Crippen molar-refractivity contribution >= 4 is 17.8 Å². The molecule has 0 fully saturated rings. The van der Waals surface area contributed by atoms with Crippen LogP contribution in [0, 0.1) is 10.1 Å². The molecule has 0 aliphatic carbocycles. The largest absolute Gasteiger partial charge is 0.504 e. The van der Waals surface area contributed by atoms with Gasteiger partial charge in [-0.05, 0) is 31.2 Å². The molecule has 0 bridgehead atoms. The minimum absolute atomic E-state index is 0.0721. The van der Waals surface area contributed by atoms with Crippen molar-refractivity contribution in [3.63, 3.8) is 0 Å². The number of hydrogen-bond donors (Lipinski definition) is 2. The molecule has 2 aromatic rings. The summed E-state index contributed by atoms with van der Waals surface area (Å²) in [5, 5.41) is 24.3. The zero-order chi connectivity index (χ0) is 19.1. The Hall–Kier alpha value is -3.62. The number of hydrazone groups is 1. The second-order valence-electron chi connectivity index (χ2n) is 5.14. The number of hydrogen-bond acceptors (Lipinski definition) is 7. The van der Waals surface area contributed by atoms with Gasteiger partial charge in [0.15, 0.2) is 17.6 Å². The van der Waals surface area contributed by atoms with E-state index >= 15 is 0 Å². The molecule has 0 aliphatic heterocycles. The number of carbonyl (C=O) groups excluding carboxylic acids is 1. The van der Waals surface area contributed by atoms with Crippen molar-refractivity contribution in [3.8, 4) is 17.2 Å². The van der Waals surface area contributed by atoms with Gasteiger partial charge in [0.25, 0.3) is 11.6 Å². The Morgan fingerprint density at radius 2 is 2.00 bits per heavy atom. The fraction of sp³-hybridized carbons (Fsp3) is 0.176. The molecule has 0 spiro atoms. The molecule has 2 aromatic carbocycles. The van der Waals surface area contributed by atoms with Crippen LogP contribution in [0.5, 0.6) is 17.2 Å². The van der Waals surface area contributed by atoms with Gasteiger partial charge in [0.05, 0.1) is 18.2 Å². The minimum Gasteiger partial charge on any atom is -0.504 e. The van der Waals surface area contributed by atoms with Gasteiger partial charge in [0.2, 0.25) is 0 Å². The lowest BCUT2D eigenvalue weighted by molar-refractivity contribution is -0.384. The molecule has 0 saturated heterocycles. The lowest BCUT2D eigenvalue weighted by Crippen LogP contribution is -2.33. The number of nitro groups is 1. The van der Waals surface area contributed by atoms with Crippen LogP contribution in [-0.2, 0) is 4.79 Å². The zero-order valence-electron chi connectivity index (χ0n) is 14.1. The molecule has 9 heteroatoms. The first-order chi connectivity index (χ1) is 12.4. The number of ether oxygens (including phenoxy) is 2. The van der Waals surface area contributed by atoms with Crippen molar-refractivity contribution in [2.75, 3.05) is 7.11 Å². The Bertz CT molecular complexity index is 820.